The van der Waals surface area contributed by atoms with Crippen molar-refractivity contribution < 1.29 is 29.4 Å². The minimum absolute atomic E-state index is 0.0390. The number of carboxylic acids is 1. The van der Waals surface area contributed by atoms with Gasteiger partial charge in [0.1, 0.15) is 0 Å². The van der Waals surface area contributed by atoms with Crippen molar-refractivity contribution >= 4 is 11.8 Å². The number of nitrogens with zero attached hydrogens (tertiary/aromatic N) is 1. The largest absolute Gasteiger partial charge is 0.550 e. The Morgan fingerprint density at radius 2 is 1.83 bits per heavy atom. The van der Waals surface area contributed by atoms with E-state index in [0.29, 0.717) is 6.42 Å². The van der Waals surface area contributed by atoms with Gasteiger partial charge in [-0.15, -0.1) is 0 Å². The molecule has 0 aromatic heterocycles. The van der Waals surface area contributed by atoms with Crippen LogP contribution in [-0.4, -0.2) is 59.4 Å². The van der Waals surface area contributed by atoms with Gasteiger partial charge in [0, 0.05) is 18.8 Å². The number of quaternary nitrogens is 1. The first-order chi connectivity index (χ1) is 8.05. The Morgan fingerprint density at radius 1 is 1.33 bits per heavy atom. The van der Waals surface area contributed by atoms with Crippen LogP contribution in [0.3, 0.4) is 0 Å². The summed E-state index contributed by atoms with van der Waals surface area (Å²) in [5, 5.41) is 31.0. The monoisotopic (exact) mass is 261 g/mol. The van der Waals surface area contributed by atoms with Gasteiger partial charge in [-0.3, -0.25) is 4.79 Å². The molecule has 0 aromatic rings. The second-order valence-corrected chi connectivity index (χ2v) is 5.49. The third-order valence-corrected chi connectivity index (χ3v) is 2.81. The zero-order chi connectivity index (χ0) is 14.6. The van der Waals surface area contributed by atoms with Gasteiger partial charge in [0.2, 0.25) is 11.8 Å². The van der Waals surface area contributed by atoms with E-state index in [1.165, 1.54) is 0 Å². The van der Waals surface area contributed by atoms with E-state index >= 15 is 0 Å². The number of likely N-dealkylation sites (N-methyl/N-ethyl adjacent to an activating group) is 1. The van der Waals surface area contributed by atoms with E-state index in [2.05, 4.69) is 0 Å². The Labute approximate surface area is 107 Å². The predicted molar refractivity (Wildman–Crippen MR) is 63.1 cm³/mol. The number of unbranched alkanes of at least 4 members (excludes halogenated alkanes) is 1. The van der Waals surface area contributed by atoms with E-state index in [1.807, 2.05) is 6.92 Å². The Morgan fingerprint density at radius 3 is 2.17 bits per heavy atom. The average molecular weight is 261 g/mol. The molecule has 0 spiro atoms. The third kappa shape index (κ3) is 4.36. The van der Waals surface area contributed by atoms with Crippen LogP contribution in [0.25, 0.3) is 0 Å². The molecule has 0 aliphatic heterocycles. The Kier molecular flexibility index (Phi) is 5.92. The highest BCUT2D eigenvalue weighted by Gasteiger charge is 2.49. The van der Waals surface area contributed by atoms with Crippen LogP contribution in [-0.2, 0) is 9.59 Å². The molecule has 0 rings (SSSR count). The van der Waals surface area contributed by atoms with Crippen molar-refractivity contribution in [3.8, 4) is 0 Å². The maximum absolute atomic E-state index is 11.9. The zero-order valence-corrected chi connectivity index (χ0v) is 11.5. The number of aliphatic hydroxyl groups excluding tert-OH is 1. The summed E-state index contributed by atoms with van der Waals surface area (Å²) in [6.07, 6.45) is -1.09. The highest BCUT2D eigenvalue weighted by molar-refractivity contribution is 5.90. The fourth-order valence-corrected chi connectivity index (χ4v) is 1.75. The first-order valence-corrected chi connectivity index (χ1v) is 6.00. The van der Waals surface area contributed by atoms with Crippen molar-refractivity contribution in [1.29, 1.82) is 0 Å². The van der Waals surface area contributed by atoms with Crippen molar-refractivity contribution in [3.63, 3.8) is 0 Å². The summed E-state index contributed by atoms with van der Waals surface area (Å²) in [5.41, 5.74) is -2.30. The summed E-state index contributed by atoms with van der Waals surface area (Å²) in [7, 11) is 4.70. The lowest BCUT2D eigenvalue weighted by atomic mass is 9.88. The normalized spacial score (nSPS) is 17.0. The van der Waals surface area contributed by atoms with E-state index in [1.54, 1.807) is 21.1 Å². The number of carbonyl (C=O) groups is 2. The molecular weight excluding hydrogens is 238 g/mol. The number of ketones is 1. The molecule has 0 aromatic carbocycles. The Bertz CT molecular complexity index is 310. The minimum atomic E-state index is -2.30. The lowest BCUT2D eigenvalue weighted by Gasteiger charge is -2.40. The summed E-state index contributed by atoms with van der Waals surface area (Å²) in [4.78, 5) is 22.6. The molecule has 6 heteroatoms. The highest BCUT2D eigenvalue weighted by Crippen LogP contribution is 2.24. The molecule has 0 bridgehead atoms. The van der Waals surface area contributed by atoms with E-state index in [-0.39, 0.29) is 10.9 Å². The summed E-state index contributed by atoms with van der Waals surface area (Å²) in [6.45, 7) is 1.88. The summed E-state index contributed by atoms with van der Waals surface area (Å²) in [6, 6.07) is 0. The Hall–Kier alpha value is -0.980. The van der Waals surface area contributed by atoms with Crippen LogP contribution in [0.2, 0.25) is 0 Å². The molecule has 0 radical (unpaired) electrons. The van der Waals surface area contributed by atoms with Crippen molar-refractivity contribution in [1.82, 2.24) is 0 Å². The maximum Gasteiger partial charge on any atom is 0.227 e. The highest BCUT2D eigenvalue weighted by atomic mass is 16.4. The topological polar surface area (TPSA) is 97.7 Å². The van der Waals surface area contributed by atoms with Gasteiger partial charge in [0.05, 0.1) is 21.1 Å². The lowest BCUT2D eigenvalue weighted by Crippen LogP contribution is -2.63. The van der Waals surface area contributed by atoms with Crippen LogP contribution in [0.5, 0.6) is 0 Å². The molecule has 106 valence electrons. The SMILES string of the molecule is CCCCC(=O)[C@@](O)(CC(=O)[O-])C(O)[N+](C)(C)C. The number of carboxylic acid groups (broad SMARTS) is 1. The molecule has 0 aliphatic rings. The predicted octanol–water partition coefficient (Wildman–Crippen LogP) is -1.36. The molecule has 0 saturated carbocycles. The second kappa shape index (κ2) is 6.26. The first-order valence-electron chi connectivity index (χ1n) is 6.00. The van der Waals surface area contributed by atoms with E-state index in [9.17, 15) is 24.9 Å². The quantitative estimate of drug-likeness (QED) is 0.415. The van der Waals surface area contributed by atoms with Gasteiger partial charge >= 0.3 is 0 Å². The summed E-state index contributed by atoms with van der Waals surface area (Å²) < 4.78 is -0.137. The molecule has 2 N–H and O–H groups in total. The van der Waals surface area contributed by atoms with Crippen molar-refractivity contribution in [2.24, 2.45) is 0 Å². The van der Waals surface area contributed by atoms with Crippen molar-refractivity contribution in [2.45, 2.75) is 44.4 Å². The van der Waals surface area contributed by atoms with Crippen LogP contribution in [0, 0.1) is 0 Å². The summed E-state index contributed by atoms with van der Waals surface area (Å²) >= 11 is 0. The van der Waals surface area contributed by atoms with Crippen LogP contribution in [0.4, 0.5) is 0 Å². The molecule has 2 atom stereocenters. The lowest BCUT2D eigenvalue weighted by molar-refractivity contribution is -0.925. The van der Waals surface area contributed by atoms with Crippen molar-refractivity contribution in [2.75, 3.05) is 21.1 Å². The van der Waals surface area contributed by atoms with Crippen LogP contribution in [0.15, 0.2) is 0 Å². The van der Waals surface area contributed by atoms with Crippen molar-refractivity contribution in [3.05, 3.63) is 0 Å². The molecule has 0 saturated heterocycles. The van der Waals surface area contributed by atoms with Crippen LogP contribution < -0.4 is 5.11 Å². The molecule has 0 fully saturated rings. The van der Waals surface area contributed by atoms with Gasteiger partial charge in [0.25, 0.3) is 0 Å². The van der Waals surface area contributed by atoms with Gasteiger partial charge in [-0.05, 0) is 6.42 Å². The third-order valence-electron chi connectivity index (χ3n) is 2.81. The van der Waals surface area contributed by atoms with E-state index in [4.69, 9.17) is 0 Å². The van der Waals surface area contributed by atoms with Gasteiger partial charge in [-0.25, -0.2) is 0 Å². The van der Waals surface area contributed by atoms with Gasteiger partial charge in [0.15, 0.2) is 5.78 Å². The standard InChI is InChI=1S/C12H23NO5/c1-5-6-7-9(14)12(18,8-10(15)16)11(17)13(2,3)4/h11,17-18H,5-8H2,1-4H3/t11?,12-/m0/s1. The number of hydrogen-bond donors (Lipinski definition) is 2. The molecule has 18 heavy (non-hydrogen) atoms. The molecule has 0 heterocycles. The van der Waals surface area contributed by atoms with Gasteiger partial charge < -0.3 is 24.6 Å². The van der Waals surface area contributed by atoms with Gasteiger partial charge in [-0.1, -0.05) is 13.3 Å². The number of carbonyl (C=O) groups excluding carboxylic acids is 2. The first kappa shape index (κ1) is 17.0. The maximum atomic E-state index is 11.9. The number of aliphatic hydroxyl groups is 2. The Balaban J connectivity index is 5.17. The van der Waals surface area contributed by atoms with Crippen LogP contribution >= 0.6 is 0 Å². The van der Waals surface area contributed by atoms with E-state index in [0.717, 1.165) is 6.42 Å². The average Bonchev–Trinajstić information content (AvgIpc) is 2.22. The molecule has 0 amide bonds. The zero-order valence-electron chi connectivity index (χ0n) is 11.5. The van der Waals surface area contributed by atoms with Gasteiger partial charge in [-0.2, -0.15) is 0 Å². The second-order valence-electron chi connectivity index (χ2n) is 5.49. The number of Topliss-reactive ketones (excluding diaryl/α,β-unsaturated/α-hetero) is 1. The minimum Gasteiger partial charge on any atom is -0.550 e. The fourth-order valence-electron chi connectivity index (χ4n) is 1.75. The molecule has 6 nitrogen and oxygen atoms in total. The fraction of sp³-hybridized carbons (Fsp3) is 0.833. The molecule has 1 unspecified atom stereocenters. The number of hydrogen-bond acceptors (Lipinski definition) is 5. The number of aliphatic carboxylic acids is 1. The smallest absolute Gasteiger partial charge is 0.227 e. The molecular formula is C12H23NO5. The van der Waals surface area contributed by atoms with E-state index < -0.39 is 30.0 Å². The van der Waals surface area contributed by atoms with Crippen LogP contribution in [0.1, 0.15) is 32.6 Å². The molecule has 0 aliphatic carbocycles. The number of rotatable bonds is 8. The summed E-state index contributed by atoms with van der Waals surface area (Å²) in [5.74, 6) is -2.22.